The third kappa shape index (κ3) is 3.07. The molecule has 0 aromatic rings. The molecule has 0 bridgehead atoms. The number of carbonyl (C=O) groups excluding carboxylic acids is 1. The zero-order valence-electron chi connectivity index (χ0n) is 9.34. The summed E-state index contributed by atoms with van der Waals surface area (Å²) in [6, 6.07) is 0. The molecule has 3 nitrogen and oxygen atoms in total. The Balaban J connectivity index is 2.44. The van der Waals surface area contributed by atoms with Crippen molar-refractivity contribution in [3.8, 4) is 0 Å². The van der Waals surface area contributed by atoms with E-state index in [2.05, 4.69) is 0 Å². The third-order valence-electron chi connectivity index (χ3n) is 2.56. The first-order chi connectivity index (χ1) is 6.56. The molecule has 1 rings (SSSR count). The van der Waals surface area contributed by atoms with Gasteiger partial charge in [0.15, 0.2) is 12.1 Å². The minimum absolute atomic E-state index is 0.131. The zero-order chi connectivity index (χ0) is 10.6. The molecule has 0 saturated carbocycles. The highest BCUT2D eigenvalue weighted by molar-refractivity contribution is 5.86. The molecule has 14 heavy (non-hydrogen) atoms. The Morgan fingerprint density at radius 1 is 1.50 bits per heavy atom. The number of carbonyl (C=O) groups is 1. The van der Waals surface area contributed by atoms with Gasteiger partial charge in [0.25, 0.3) is 0 Å². The molecule has 1 heterocycles. The van der Waals surface area contributed by atoms with Gasteiger partial charge >= 0.3 is 0 Å². The molecule has 3 heteroatoms. The van der Waals surface area contributed by atoms with Crippen molar-refractivity contribution in [1.82, 2.24) is 0 Å². The lowest BCUT2D eigenvalue weighted by molar-refractivity contribution is -0.214. The molecular weight excluding hydrogens is 180 g/mol. The van der Waals surface area contributed by atoms with Crippen molar-refractivity contribution in [3.05, 3.63) is 0 Å². The second-order valence-corrected chi connectivity index (χ2v) is 4.20. The van der Waals surface area contributed by atoms with Crippen LogP contribution in [0.15, 0.2) is 0 Å². The Kier molecular flexibility index (Phi) is 4.08. The van der Waals surface area contributed by atoms with E-state index in [1.807, 2.05) is 20.8 Å². The van der Waals surface area contributed by atoms with Gasteiger partial charge in [-0.2, -0.15) is 0 Å². The third-order valence-corrected chi connectivity index (χ3v) is 2.56. The first-order valence-corrected chi connectivity index (χ1v) is 5.39. The van der Waals surface area contributed by atoms with Gasteiger partial charge in [-0.25, -0.2) is 0 Å². The fourth-order valence-corrected chi connectivity index (χ4v) is 1.62. The highest BCUT2D eigenvalue weighted by atomic mass is 16.7. The second-order valence-electron chi connectivity index (χ2n) is 4.20. The summed E-state index contributed by atoms with van der Waals surface area (Å²) in [5, 5.41) is 0. The summed E-state index contributed by atoms with van der Waals surface area (Å²) >= 11 is 0. The fourth-order valence-electron chi connectivity index (χ4n) is 1.62. The lowest BCUT2D eigenvalue weighted by atomic mass is 10.0. The fraction of sp³-hybridized carbons (Fsp3) is 0.909. The molecule has 1 atom stereocenters. The van der Waals surface area contributed by atoms with E-state index in [1.165, 1.54) is 0 Å². The molecule has 1 saturated heterocycles. The monoisotopic (exact) mass is 200 g/mol. The van der Waals surface area contributed by atoms with Gasteiger partial charge in [0.1, 0.15) is 5.60 Å². The molecule has 1 unspecified atom stereocenters. The van der Waals surface area contributed by atoms with Crippen LogP contribution in [0.5, 0.6) is 0 Å². The predicted molar refractivity (Wildman–Crippen MR) is 54.1 cm³/mol. The predicted octanol–water partition coefficient (Wildman–Crippen LogP) is 2.29. The van der Waals surface area contributed by atoms with Crippen LogP contribution < -0.4 is 0 Å². The summed E-state index contributed by atoms with van der Waals surface area (Å²) in [4.78, 5) is 11.5. The molecular formula is C11H20O3. The van der Waals surface area contributed by atoms with Crippen molar-refractivity contribution in [2.75, 3.05) is 6.61 Å². The molecule has 0 radical (unpaired) electrons. The molecule has 1 fully saturated rings. The van der Waals surface area contributed by atoms with Crippen molar-refractivity contribution < 1.29 is 14.3 Å². The van der Waals surface area contributed by atoms with Gasteiger partial charge in [0.2, 0.25) is 0 Å². The van der Waals surface area contributed by atoms with E-state index >= 15 is 0 Å². The Morgan fingerprint density at radius 3 is 2.71 bits per heavy atom. The minimum atomic E-state index is -0.698. The van der Waals surface area contributed by atoms with E-state index in [0.29, 0.717) is 6.42 Å². The Labute approximate surface area is 85.8 Å². The van der Waals surface area contributed by atoms with Crippen LogP contribution in [0.4, 0.5) is 0 Å². The van der Waals surface area contributed by atoms with Gasteiger partial charge in [-0.1, -0.05) is 6.92 Å². The summed E-state index contributed by atoms with van der Waals surface area (Å²) in [6.45, 7) is 6.24. The molecule has 0 aromatic carbocycles. The van der Waals surface area contributed by atoms with Crippen LogP contribution in [0.1, 0.15) is 46.5 Å². The molecule has 1 aliphatic heterocycles. The average Bonchev–Trinajstić information content (AvgIpc) is 2.17. The van der Waals surface area contributed by atoms with Crippen LogP contribution in [-0.4, -0.2) is 24.3 Å². The van der Waals surface area contributed by atoms with E-state index in [4.69, 9.17) is 9.47 Å². The second kappa shape index (κ2) is 4.89. The van der Waals surface area contributed by atoms with Crippen LogP contribution in [0, 0.1) is 0 Å². The first-order valence-electron chi connectivity index (χ1n) is 5.39. The maximum absolute atomic E-state index is 11.5. The highest BCUT2D eigenvalue weighted by Gasteiger charge is 2.31. The largest absolute Gasteiger partial charge is 0.353 e. The van der Waals surface area contributed by atoms with Gasteiger partial charge in [0.05, 0.1) is 0 Å². The maximum Gasteiger partial charge on any atom is 0.163 e. The molecule has 0 aromatic heterocycles. The standard InChI is InChI=1S/C11H20O3/c1-4-9(12)11(2,3)14-10-7-5-6-8-13-10/h10H,4-8H2,1-3H3. The summed E-state index contributed by atoms with van der Waals surface area (Å²) in [7, 11) is 0. The number of hydrogen-bond acceptors (Lipinski definition) is 3. The van der Waals surface area contributed by atoms with Crippen LogP contribution in [0.25, 0.3) is 0 Å². The summed E-state index contributed by atoms with van der Waals surface area (Å²) in [5.74, 6) is 0.131. The topological polar surface area (TPSA) is 35.5 Å². The normalized spacial score (nSPS) is 23.5. The average molecular weight is 200 g/mol. The zero-order valence-corrected chi connectivity index (χ0v) is 9.34. The van der Waals surface area contributed by atoms with E-state index in [-0.39, 0.29) is 12.1 Å². The van der Waals surface area contributed by atoms with Gasteiger partial charge in [0, 0.05) is 13.0 Å². The minimum Gasteiger partial charge on any atom is -0.353 e. The van der Waals surface area contributed by atoms with Crippen LogP contribution in [0.2, 0.25) is 0 Å². The highest BCUT2D eigenvalue weighted by Crippen LogP contribution is 2.21. The van der Waals surface area contributed by atoms with Crippen LogP contribution in [-0.2, 0) is 14.3 Å². The van der Waals surface area contributed by atoms with Gasteiger partial charge < -0.3 is 9.47 Å². The number of ketones is 1. The molecule has 1 aliphatic rings. The lowest BCUT2D eigenvalue weighted by Crippen LogP contribution is -2.40. The molecule has 0 N–H and O–H groups in total. The molecule has 82 valence electrons. The number of Topliss-reactive ketones (excluding diaryl/α,β-unsaturated/α-hetero) is 1. The maximum atomic E-state index is 11.5. The van der Waals surface area contributed by atoms with Crippen molar-refractivity contribution in [2.45, 2.75) is 58.3 Å². The SMILES string of the molecule is CCC(=O)C(C)(C)OC1CCCCO1. The lowest BCUT2D eigenvalue weighted by Gasteiger charge is -2.31. The van der Waals surface area contributed by atoms with E-state index in [0.717, 1.165) is 25.9 Å². The molecule has 0 amide bonds. The van der Waals surface area contributed by atoms with Crippen molar-refractivity contribution >= 4 is 5.78 Å². The quantitative estimate of drug-likeness (QED) is 0.698. The Bertz CT molecular complexity index is 193. The van der Waals surface area contributed by atoms with Gasteiger partial charge in [-0.15, -0.1) is 0 Å². The molecule has 0 spiro atoms. The number of ether oxygens (including phenoxy) is 2. The van der Waals surface area contributed by atoms with Crippen LogP contribution in [0.3, 0.4) is 0 Å². The summed E-state index contributed by atoms with van der Waals surface area (Å²) < 4.78 is 11.1. The van der Waals surface area contributed by atoms with Crippen molar-refractivity contribution in [1.29, 1.82) is 0 Å². The van der Waals surface area contributed by atoms with E-state index < -0.39 is 5.60 Å². The summed E-state index contributed by atoms with van der Waals surface area (Å²) in [5.41, 5.74) is -0.698. The number of rotatable bonds is 4. The van der Waals surface area contributed by atoms with Crippen molar-refractivity contribution in [2.24, 2.45) is 0 Å². The van der Waals surface area contributed by atoms with E-state index in [1.54, 1.807) is 0 Å². The smallest absolute Gasteiger partial charge is 0.163 e. The Morgan fingerprint density at radius 2 is 2.21 bits per heavy atom. The van der Waals surface area contributed by atoms with Gasteiger partial charge in [-0.3, -0.25) is 4.79 Å². The van der Waals surface area contributed by atoms with Crippen molar-refractivity contribution in [3.63, 3.8) is 0 Å². The van der Waals surface area contributed by atoms with E-state index in [9.17, 15) is 4.79 Å². The number of hydrogen-bond donors (Lipinski definition) is 0. The van der Waals surface area contributed by atoms with Crippen LogP contribution >= 0.6 is 0 Å². The molecule has 0 aliphatic carbocycles. The summed E-state index contributed by atoms with van der Waals surface area (Å²) in [6.07, 6.45) is 3.46. The Hall–Kier alpha value is -0.410. The van der Waals surface area contributed by atoms with Gasteiger partial charge in [-0.05, 0) is 33.1 Å². The first kappa shape index (κ1) is 11.7.